The van der Waals surface area contributed by atoms with Crippen LogP contribution in [0, 0.1) is 5.41 Å². The molecular weight excluding hydrogens is 206 g/mol. The highest BCUT2D eigenvalue weighted by Gasteiger charge is 2.42. The minimum absolute atomic E-state index is 0.0646. The number of nitrogens with zero attached hydrogens (tertiary/aromatic N) is 1. The van der Waals surface area contributed by atoms with Gasteiger partial charge in [0.15, 0.2) is 5.82 Å². The number of nitrogens with two attached hydrogens (primary N) is 1. The fraction of sp³-hybridized carbons (Fsp3) is 0.818. The van der Waals surface area contributed by atoms with E-state index in [-0.39, 0.29) is 6.04 Å². The Morgan fingerprint density at radius 3 is 2.88 bits per heavy atom. The second-order valence-corrected chi connectivity index (χ2v) is 4.96. The Labute approximate surface area is 94.4 Å². The third kappa shape index (κ3) is 2.72. The van der Waals surface area contributed by atoms with Gasteiger partial charge in [-0.15, -0.1) is 0 Å². The van der Waals surface area contributed by atoms with Crippen LogP contribution in [0.25, 0.3) is 0 Å². The summed E-state index contributed by atoms with van der Waals surface area (Å²) in [5, 5.41) is 3.63. The van der Waals surface area contributed by atoms with Crippen molar-refractivity contribution < 1.29 is 4.52 Å². The molecule has 1 fully saturated rings. The van der Waals surface area contributed by atoms with Crippen molar-refractivity contribution in [1.29, 1.82) is 0 Å². The highest BCUT2D eigenvalue weighted by atomic mass is 16.5. The summed E-state index contributed by atoms with van der Waals surface area (Å²) in [7, 11) is 0. The molecule has 90 valence electrons. The third-order valence-corrected chi connectivity index (χ3v) is 3.37. The zero-order valence-corrected chi connectivity index (χ0v) is 9.66. The molecule has 1 heterocycles. The van der Waals surface area contributed by atoms with E-state index >= 15 is 0 Å². The van der Waals surface area contributed by atoms with E-state index in [1.54, 1.807) is 0 Å². The van der Waals surface area contributed by atoms with Gasteiger partial charge in [-0.25, -0.2) is 4.79 Å². The lowest BCUT2D eigenvalue weighted by atomic mass is 9.91. The first-order chi connectivity index (χ1) is 7.63. The smallest absolute Gasteiger partial charge is 0.327 e. The first-order valence-electron chi connectivity index (χ1n) is 5.94. The van der Waals surface area contributed by atoms with Gasteiger partial charge in [-0.05, 0) is 31.1 Å². The van der Waals surface area contributed by atoms with Crippen LogP contribution in [-0.4, -0.2) is 16.2 Å². The van der Waals surface area contributed by atoms with Crippen molar-refractivity contribution in [1.82, 2.24) is 10.1 Å². The molecule has 3 N–H and O–H groups in total. The molecule has 2 rings (SSSR count). The Bertz CT molecular complexity index is 392. The van der Waals surface area contributed by atoms with Crippen LogP contribution in [0.3, 0.4) is 0 Å². The maximum Gasteiger partial charge on any atom is 0.438 e. The summed E-state index contributed by atoms with van der Waals surface area (Å²) < 4.78 is 4.44. The second-order valence-electron chi connectivity index (χ2n) is 4.96. The number of hydrogen-bond donors (Lipinski definition) is 2. The molecule has 1 aromatic heterocycles. The lowest BCUT2D eigenvalue weighted by molar-refractivity contribution is 0.362. The third-order valence-electron chi connectivity index (χ3n) is 3.37. The van der Waals surface area contributed by atoms with Gasteiger partial charge in [0.25, 0.3) is 0 Å². The number of aromatic nitrogens is 2. The van der Waals surface area contributed by atoms with Gasteiger partial charge in [-0.3, -0.25) is 9.51 Å². The standard InChI is InChI=1S/C11H19N3O2/c1-2-3-11(4-5-11)7-8(12)6-9-13-10(15)16-14-9/h8H,2-7,12H2,1H3,(H,13,14,15). The summed E-state index contributed by atoms with van der Waals surface area (Å²) in [6.07, 6.45) is 6.68. The van der Waals surface area contributed by atoms with Crippen molar-refractivity contribution in [2.75, 3.05) is 0 Å². The molecule has 0 spiro atoms. The topological polar surface area (TPSA) is 84.9 Å². The Morgan fingerprint density at radius 1 is 1.62 bits per heavy atom. The van der Waals surface area contributed by atoms with Crippen LogP contribution in [0.15, 0.2) is 9.32 Å². The van der Waals surface area contributed by atoms with Gasteiger partial charge in [0, 0.05) is 12.5 Å². The minimum atomic E-state index is -0.503. The number of nitrogens with one attached hydrogen (secondary N) is 1. The monoisotopic (exact) mass is 225 g/mol. The summed E-state index contributed by atoms with van der Waals surface area (Å²) in [4.78, 5) is 13.3. The molecule has 16 heavy (non-hydrogen) atoms. The SMILES string of the molecule is CCCC1(CC(N)Cc2noc(=O)[nH]2)CC1. The summed E-state index contributed by atoms with van der Waals surface area (Å²) in [5.41, 5.74) is 6.55. The molecule has 0 aliphatic heterocycles. The largest absolute Gasteiger partial charge is 0.438 e. The van der Waals surface area contributed by atoms with Crippen molar-refractivity contribution in [2.45, 2.75) is 51.5 Å². The molecule has 1 aliphatic carbocycles. The molecule has 5 heteroatoms. The van der Waals surface area contributed by atoms with Crippen molar-refractivity contribution >= 4 is 0 Å². The van der Waals surface area contributed by atoms with Gasteiger partial charge in [-0.2, -0.15) is 0 Å². The van der Waals surface area contributed by atoms with Gasteiger partial charge in [0.1, 0.15) is 0 Å². The van der Waals surface area contributed by atoms with E-state index in [0.29, 0.717) is 17.7 Å². The summed E-state index contributed by atoms with van der Waals surface area (Å²) in [6.45, 7) is 2.21. The molecule has 1 aromatic rings. The van der Waals surface area contributed by atoms with Gasteiger partial charge in [0.2, 0.25) is 0 Å². The minimum Gasteiger partial charge on any atom is -0.327 e. The molecule has 0 aromatic carbocycles. The highest BCUT2D eigenvalue weighted by Crippen LogP contribution is 2.53. The zero-order valence-electron chi connectivity index (χ0n) is 9.66. The average molecular weight is 225 g/mol. The normalized spacial score (nSPS) is 19.6. The molecular formula is C11H19N3O2. The molecule has 0 radical (unpaired) electrons. The van der Waals surface area contributed by atoms with Gasteiger partial charge < -0.3 is 5.73 Å². The predicted octanol–water partition coefficient (Wildman–Crippen LogP) is 1.20. The molecule has 1 saturated carbocycles. The molecule has 0 saturated heterocycles. The van der Waals surface area contributed by atoms with Crippen LogP contribution in [-0.2, 0) is 6.42 Å². The Kier molecular flexibility index (Phi) is 3.14. The van der Waals surface area contributed by atoms with Crippen LogP contribution in [0.2, 0.25) is 0 Å². The molecule has 1 aliphatic rings. The predicted molar refractivity (Wildman–Crippen MR) is 60.0 cm³/mol. The van der Waals surface area contributed by atoms with Gasteiger partial charge in [0.05, 0.1) is 0 Å². The first kappa shape index (κ1) is 11.4. The van der Waals surface area contributed by atoms with Crippen molar-refractivity contribution in [3.63, 3.8) is 0 Å². The Hall–Kier alpha value is -1.10. The van der Waals surface area contributed by atoms with Crippen LogP contribution in [0.1, 0.15) is 44.9 Å². The van der Waals surface area contributed by atoms with E-state index in [9.17, 15) is 4.79 Å². The van der Waals surface area contributed by atoms with Crippen LogP contribution in [0.4, 0.5) is 0 Å². The van der Waals surface area contributed by atoms with E-state index in [1.807, 2.05) is 0 Å². The quantitative estimate of drug-likeness (QED) is 0.761. The Balaban J connectivity index is 1.84. The molecule has 1 unspecified atom stereocenters. The molecule has 1 atom stereocenters. The molecule has 0 amide bonds. The van der Waals surface area contributed by atoms with E-state index in [2.05, 4.69) is 21.6 Å². The second kappa shape index (κ2) is 4.41. The summed E-state index contributed by atoms with van der Waals surface area (Å²) in [5.74, 6) is 0.0571. The summed E-state index contributed by atoms with van der Waals surface area (Å²) >= 11 is 0. The lowest BCUT2D eigenvalue weighted by Gasteiger charge is -2.18. The lowest BCUT2D eigenvalue weighted by Crippen LogP contribution is -2.27. The number of aromatic amines is 1. The summed E-state index contributed by atoms with van der Waals surface area (Å²) in [6, 6.07) is 0.0646. The Morgan fingerprint density at radius 2 is 2.38 bits per heavy atom. The van der Waals surface area contributed by atoms with Crippen molar-refractivity contribution in [2.24, 2.45) is 11.1 Å². The maximum atomic E-state index is 10.7. The van der Waals surface area contributed by atoms with E-state index in [1.165, 1.54) is 25.7 Å². The van der Waals surface area contributed by atoms with Crippen molar-refractivity contribution in [3.8, 4) is 0 Å². The fourth-order valence-electron chi connectivity index (χ4n) is 2.49. The number of H-pyrrole nitrogens is 1. The average Bonchev–Trinajstić information content (AvgIpc) is 2.82. The molecule has 0 bridgehead atoms. The first-order valence-corrected chi connectivity index (χ1v) is 5.94. The fourth-order valence-corrected chi connectivity index (χ4v) is 2.49. The number of rotatable bonds is 6. The highest BCUT2D eigenvalue weighted by molar-refractivity contribution is 4.97. The van der Waals surface area contributed by atoms with Gasteiger partial charge >= 0.3 is 5.76 Å². The van der Waals surface area contributed by atoms with Crippen LogP contribution < -0.4 is 11.5 Å². The van der Waals surface area contributed by atoms with Gasteiger partial charge in [-0.1, -0.05) is 18.5 Å². The van der Waals surface area contributed by atoms with Crippen molar-refractivity contribution in [3.05, 3.63) is 16.4 Å². The van der Waals surface area contributed by atoms with Crippen LogP contribution >= 0.6 is 0 Å². The molecule has 5 nitrogen and oxygen atoms in total. The van der Waals surface area contributed by atoms with E-state index in [0.717, 1.165) is 6.42 Å². The maximum absolute atomic E-state index is 10.7. The van der Waals surface area contributed by atoms with E-state index in [4.69, 9.17) is 5.73 Å². The zero-order chi connectivity index (χ0) is 11.6. The van der Waals surface area contributed by atoms with Crippen LogP contribution in [0.5, 0.6) is 0 Å². The van der Waals surface area contributed by atoms with E-state index < -0.39 is 5.76 Å². The number of hydrogen-bond acceptors (Lipinski definition) is 4.